The number of hydrogen-bond acceptors (Lipinski definition) is 4. The summed E-state index contributed by atoms with van der Waals surface area (Å²) in [7, 11) is 0. The number of allylic oxidation sites excluding steroid dienone is 1. The minimum Gasteiger partial charge on any atom is -0.506 e. The van der Waals surface area contributed by atoms with Crippen molar-refractivity contribution in [2.75, 3.05) is 0 Å². The van der Waals surface area contributed by atoms with Crippen LogP contribution in [0.1, 0.15) is 22.7 Å². The Balaban J connectivity index is 1.75. The summed E-state index contributed by atoms with van der Waals surface area (Å²) in [5.41, 5.74) is 2.77. The van der Waals surface area contributed by atoms with Gasteiger partial charge in [-0.25, -0.2) is 4.99 Å². The molecule has 1 N–H and O–H groups in total. The van der Waals surface area contributed by atoms with Gasteiger partial charge in [-0.2, -0.15) is 0 Å². The quantitative estimate of drug-likeness (QED) is 0.384. The molecule has 1 aromatic heterocycles. The summed E-state index contributed by atoms with van der Waals surface area (Å²) in [6, 6.07) is 19.8. The standard InChI is InChI=1S/C25H15Cl3N2O2S/c26-17-8-6-15(7-9-17)21-13-20(14-4-2-1-3-5-14)29-25-30(21)24(32)22(33-25)11-16-10-18(27)12-19(28)23(16)31/h1-13,21,31H. The largest absolute Gasteiger partial charge is 0.506 e. The molecule has 3 aromatic carbocycles. The van der Waals surface area contributed by atoms with Gasteiger partial charge >= 0.3 is 0 Å². The summed E-state index contributed by atoms with van der Waals surface area (Å²) in [4.78, 5) is 18.8. The van der Waals surface area contributed by atoms with E-state index >= 15 is 0 Å². The zero-order valence-electron chi connectivity index (χ0n) is 16.9. The zero-order chi connectivity index (χ0) is 23.1. The molecule has 0 saturated heterocycles. The van der Waals surface area contributed by atoms with Gasteiger partial charge in [-0.05, 0) is 47.5 Å². The van der Waals surface area contributed by atoms with Gasteiger partial charge in [0.1, 0.15) is 5.75 Å². The Bertz CT molecular complexity index is 1570. The van der Waals surface area contributed by atoms with Gasteiger partial charge in [0.05, 0.1) is 21.3 Å². The summed E-state index contributed by atoms with van der Waals surface area (Å²) in [5.74, 6) is -0.133. The molecule has 8 heteroatoms. The summed E-state index contributed by atoms with van der Waals surface area (Å²) in [5, 5.41) is 11.4. The van der Waals surface area contributed by atoms with Crippen LogP contribution in [0.3, 0.4) is 0 Å². The van der Waals surface area contributed by atoms with E-state index in [0.717, 1.165) is 16.8 Å². The highest BCUT2D eigenvalue weighted by molar-refractivity contribution is 7.07. The highest BCUT2D eigenvalue weighted by Crippen LogP contribution is 2.32. The first-order valence-corrected chi connectivity index (χ1v) is 11.9. The van der Waals surface area contributed by atoms with Crippen LogP contribution in [0.15, 0.2) is 82.6 Å². The number of aromatic hydroxyl groups is 1. The normalized spacial score (nSPS) is 15.7. The minimum absolute atomic E-state index is 0.118. The second-order valence-corrected chi connectivity index (χ2v) is 9.71. The second kappa shape index (κ2) is 8.84. The lowest BCUT2D eigenvalue weighted by Gasteiger charge is -2.19. The van der Waals surface area contributed by atoms with Crippen molar-refractivity contribution in [1.29, 1.82) is 0 Å². The number of benzene rings is 3. The maximum Gasteiger partial charge on any atom is 0.271 e. The molecular formula is C25H15Cl3N2O2S. The molecule has 0 fully saturated rings. The van der Waals surface area contributed by atoms with Crippen LogP contribution in [0.25, 0.3) is 11.8 Å². The fourth-order valence-electron chi connectivity index (χ4n) is 3.69. The van der Waals surface area contributed by atoms with Crippen molar-refractivity contribution in [2.45, 2.75) is 6.04 Å². The molecule has 0 bridgehead atoms. The Hall–Kier alpha value is -2.83. The van der Waals surface area contributed by atoms with Crippen LogP contribution in [0.5, 0.6) is 5.75 Å². The molecule has 164 valence electrons. The average molecular weight is 514 g/mol. The maximum absolute atomic E-state index is 13.5. The lowest BCUT2D eigenvalue weighted by Crippen LogP contribution is -2.36. The summed E-state index contributed by atoms with van der Waals surface area (Å²) in [6.07, 6.45) is 3.55. The van der Waals surface area contributed by atoms with Gasteiger partial charge in [0.25, 0.3) is 5.56 Å². The molecule has 4 aromatic rings. The Labute approximate surface area is 208 Å². The van der Waals surface area contributed by atoms with Crippen LogP contribution in [-0.4, -0.2) is 9.67 Å². The third-order valence-corrected chi connectivity index (χ3v) is 7.01. The topological polar surface area (TPSA) is 54.6 Å². The summed E-state index contributed by atoms with van der Waals surface area (Å²) < 4.78 is 2.05. The molecule has 1 aliphatic rings. The fraction of sp³-hybridized carbons (Fsp3) is 0.0400. The first-order chi connectivity index (χ1) is 15.9. The number of nitrogens with zero attached hydrogens (tertiary/aromatic N) is 2. The molecule has 33 heavy (non-hydrogen) atoms. The monoisotopic (exact) mass is 512 g/mol. The van der Waals surface area contributed by atoms with Crippen LogP contribution >= 0.6 is 46.1 Å². The third-order valence-electron chi connectivity index (χ3n) is 5.27. The van der Waals surface area contributed by atoms with Crippen molar-refractivity contribution in [1.82, 2.24) is 4.57 Å². The van der Waals surface area contributed by atoms with Crippen molar-refractivity contribution in [3.05, 3.63) is 124 Å². The highest BCUT2D eigenvalue weighted by Gasteiger charge is 2.22. The number of fused-ring (bicyclic) bond motifs is 1. The van der Waals surface area contributed by atoms with E-state index in [9.17, 15) is 9.90 Å². The van der Waals surface area contributed by atoms with Gasteiger partial charge in [-0.3, -0.25) is 9.36 Å². The van der Waals surface area contributed by atoms with Crippen LogP contribution in [0, 0.1) is 0 Å². The van der Waals surface area contributed by atoms with E-state index in [4.69, 9.17) is 39.8 Å². The van der Waals surface area contributed by atoms with E-state index in [1.54, 1.807) is 28.8 Å². The first kappa shape index (κ1) is 22.0. The zero-order valence-corrected chi connectivity index (χ0v) is 20.0. The van der Waals surface area contributed by atoms with Crippen molar-refractivity contribution in [3.63, 3.8) is 0 Å². The molecule has 0 amide bonds. The summed E-state index contributed by atoms with van der Waals surface area (Å²) >= 11 is 19.5. The van der Waals surface area contributed by atoms with Gasteiger partial charge in [0.15, 0.2) is 4.80 Å². The molecule has 5 rings (SSSR count). The van der Waals surface area contributed by atoms with Gasteiger partial charge in [0.2, 0.25) is 0 Å². The molecule has 1 atom stereocenters. The molecule has 1 unspecified atom stereocenters. The predicted octanol–water partition coefficient (Wildman–Crippen LogP) is 5.67. The number of aromatic nitrogens is 1. The molecule has 1 aliphatic heterocycles. The second-order valence-electron chi connectivity index (χ2n) is 7.42. The highest BCUT2D eigenvalue weighted by atomic mass is 35.5. The fourth-order valence-corrected chi connectivity index (χ4v) is 5.33. The van der Waals surface area contributed by atoms with Crippen LogP contribution < -0.4 is 14.9 Å². The van der Waals surface area contributed by atoms with Crippen molar-refractivity contribution in [2.24, 2.45) is 4.99 Å². The number of thiazole rings is 1. The van der Waals surface area contributed by atoms with E-state index < -0.39 is 0 Å². The van der Waals surface area contributed by atoms with Crippen LogP contribution in [0.4, 0.5) is 0 Å². The molecular weight excluding hydrogens is 499 g/mol. The van der Waals surface area contributed by atoms with Gasteiger partial charge in [-0.1, -0.05) is 88.6 Å². The van der Waals surface area contributed by atoms with Crippen molar-refractivity contribution < 1.29 is 5.11 Å². The molecule has 4 nitrogen and oxygen atoms in total. The summed E-state index contributed by atoms with van der Waals surface area (Å²) in [6.45, 7) is 0. The number of phenols is 1. The Morgan fingerprint density at radius 1 is 0.970 bits per heavy atom. The lowest BCUT2D eigenvalue weighted by molar-refractivity contribution is 0.474. The minimum atomic E-state index is -0.368. The lowest BCUT2D eigenvalue weighted by atomic mass is 10.0. The van der Waals surface area contributed by atoms with E-state index in [-0.39, 0.29) is 22.4 Å². The molecule has 2 heterocycles. The SMILES string of the molecule is O=c1c(=Cc2cc(Cl)cc(Cl)c2O)sc2n1C(c1ccc(Cl)cc1)C=C(c1ccccc1)N=2. The molecule has 0 spiro atoms. The Morgan fingerprint density at radius 3 is 2.42 bits per heavy atom. The molecule has 0 aliphatic carbocycles. The molecule has 0 saturated carbocycles. The number of phenolic OH excluding ortho intramolecular Hbond substituents is 1. The Morgan fingerprint density at radius 2 is 1.70 bits per heavy atom. The van der Waals surface area contributed by atoms with E-state index in [0.29, 0.717) is 24.9 Å². The van der Waals surface area contributed by atoms with Crippen LogP contribution in [-0.2, 0) is 0 Å². The maximum atomic E-state index is 13.5. The van der Waals surface area contributed by atoms with E-state index in [2.05, 4.69) is 0 Å². The van der Waals surface area contributed by atoms with Crippen molar-refractivity contribution in [3.8, 4) is 5.75 Å². The van der Waals surface area contributed by atoms with E-state index in [1.165, 1.54) is 17.4 Å². The Kier molecular flexibility index (Phi) is 5.89. The molecule has 0 radical (unpaired) electrons. The van der Waals surface area contributed by atoms with Crippen LogP contribution in [0.2, 0.25) is 15.1 Å². The predicted molar refractivity (Wildman–Crippen MR) is 135 cm³/mol. The van der Waals surface area contributed by atoms with Gasteiger partial charge < -0.3 is 5.11 Å². The smallest absolute Gasteiger partial charge is 0.271 e. The first-order valence-electron chi connectivity index (χ1n) is 9.93. The number of rotatable bonds is 3. The number of hydrogen-bond donors (Lipinski definition) is 1. The number of halogens is 3. The average Bonchev–Trinajstić information content (AvgIpc) is 3.13. The van der Waals surface area contributed by atoms with Crippen molar-refractivity contribution >= 4 is 57.9 Å². The van der Waals surface area contributed by atoms with Gasteiger partial charge in [-0.15, -0.1) is 0 Å². The third kappa shape index (κ3) is 4.25. The van der Waals surface area contributed by atoms with Gasteiger partial charge in [0, 0.05) is 15.6 Å². The van der Waals surface area contributed by atoms with E-state index in [1.807, 2.05) is 48.5 Å².